The van der Waals surface area contributed by atoms with Crippen LogP contribution in [0.3, 0.4) is 0 Å². The van der Waals surface area contributed by atoms with Crippen molar-refractivity contribution in [2.75, 3.05) is 26.1 Å². The highest BCUT2D eigenvalue weighted by Crippen LogP contribution is 2.25. The fourth-order valence-electron chi connectivity index (χ4n) is 3.65. The molecule has 1 aromatic heterocycles. The van der Waals surface area contributed by atoms with Crippen molar-refractivity contribution in [2.45, 2.75) is 49.6 Å². The lowest BCUT2D eigenvalue weighted by atomic mass is 10.1. The number of carbonyl (C=O) groups is 1. The highest BCUT2D eigenvalue weighted by atomic mass is 32.2. The third kappa shape index (κ3) is 4.09. The van der Waals surface area contributed by atoms with Crippen LogP contribution in [-0.4, -0.2) is 53.8 Å². The van der Waals surface area contributed by atoms with E-state index < -0.39 is 5.97 Å². The molecule has 0 spiro atoms. The molecular formula is C20H24N2O5S. The number of nitrogens with zero attached hydrogens (tertiary/aromatic N) is 2. The van der Waals surface area contributed by atoms with E-state index in [2.05, 4.69) is 0 Å². The van der Waals surface area contributed by atoms with Gasteiger partial charge in [-0.25, -0.2) is 9.78 Å². The van der Waals surface area contributed by atoms with Gasteiger partial charge in [0.25, 0.3) is 5.56 Å². The SMILES string of the molecule is COC(=O)c1ccc2c(=O)n(C[C@H]3CCCO3)c(SC[C@@H]3CCCO3)nc2c1. The van der Waals surface area contributed by atoms with Gasteiger partial charge in [-0.3, -0.25) is 9.36 Å². The van der Waals surface area contributed by atoms with Gasteiger partial charge in [-0.05, 0) is 43.9 Å². The molecule has 28 heavy (non-hydrogen) atoms. The summed E-state index contributed by atoms with van der Waals surface area (Å²) in [4.78, 5) is 29.8. The maximum Gasteiger partial charge on any atom is 0.337 e. The Labute approximate surface area is 167 Å². The van der Waals surface area contributed by atoms with Crippen LogP contribution in [0.1, 0.15) is 36.0 Å². The van der Waals surface area contributed by atoms with Gasteiger partial charge in [-0.2, -0.15) is 0 Å². The normalized spacial score (nSPS) is 22.0. The van der Waals surface area contributed by atoms with Crippen molar-refractivity contribution in [1.82, 2.24) is 9.55 Å². The number of carbonyl (C=O) groups excluding carboxylic acids is 1. The van der Waals surface area contributed by atoms with Gasteiger partial charge in [0.2, 0.25) is 0 Å². The molecule has 0 amide bonds. The first kappa shape index (κ1) is 19.4. The lowest BCUT2D eigenvalue weighted by molar-refractivity contribution is 0.0601. The second kappa shape index (κ2) is 8.63. The van der Waals surface area contributed by atoms with E-state index in [1.165, 1.54) is 18.9 Å². The highest BCUT2D eigenvalue weighted by Gasteiger charge is 2.22. The summed E-state index contributed by atoms with van der Waals surface area (Å²) in [6, 6.07) is 4.87. The van der Waals surface area contributed by atoms with Gasteiger partial charge in [0.05, 0.1) is 42.3 Å². The van der Waals surface area contributed by atoms with Gasteiger partial charge in [-0.15, -0.1) is 0 Å². The molecule has 2 saturated heterocycles. The zero-order chi connectivity index (χ0) is 19.5. The quantitative estimate of drug-likeness (QED) is 0.416. The Bertz CT molecular complexity index is 917. The van der Waals surface area contributed by atoms with Gasteiger partial charge in [0, 0.05) is 19.0 Å². The number of thioether (sulfide) groups is 1. The van der Waals surface area contributed by atoms with Crippen LogP contribution in [0.4, 0.5) is 0 Å². The number of aromatic nitrogens is 2. The van der Waals surface area contributed by atoms with Crippen molar-refractivity contribution < 1.29 is 19.0 Å². The van der Waals surface area contributed by atoms with Crippen molar-refractivity contribution in [1.29, 1.82) is 0 Å². The van der Waals surface area contributed by atoms with E-state index >= 15 is 0 Å². The van der Waals surface area contributed by atoms with Crippen molar-refractivity contribution in [3.63, 3.8) is 0 Å². The average Bonchev–Trinajstić information content (AvgIpc) is 3.41. The van der Waals surface area contributed by atoms with E-state index in [9.17, 15) is 9.59 Å². The van der Waals surface area contributed by atoms with Crippen LogP contribution in [-0.2, 0) is 20.8 Å². The Kier molecular flexibility index (Phi) is 5.99. The largest absolute Gasteiger partial charge is 0.465 e. The number of fused-ring (bicyclic) bond motifs is 1. The van der Waals surface area contributed by atoms with E-state index in [4.69, 9.17) is 19.2 Å². The number of hydrogen-bond acceptors (Lipinski definition) is 7. The molecule has 0 aliphatic carbocycles. The number of hydrogen-bond donors (Lipinski definition) is 0. The zero-order valence-electron chi connectivity index (χ0n) is 15.9. The lowest BCUT2D eigenvalue weighted by Gasteiger charge is -2.17. The smallest absolute Gasteiger partial charge is 0.337 e. The summed E-state index contributed by atoms with van der Waals surface area (Å²) in [5.74, 6) is 0.306. The van der Waals surface area contributed by atoms with Crippen molar-refractivity contribution in [3.05, 3.63) is 34.1 Å². The molecule has 2 aliphatic rings. The Morgan fingerprint density at radius 1 is 1.25 bits per heavy atom. The summed E-state index contributed by atoms with van der Waals surface area (Å²) < 4.78 is 18.0. The zero-order valence-corrected chi connectivity index (χ0v) is 16.7. The van der Waals surface area contributed by atoms with Crippen LogP contribution in [0.15, 0.2) is 28.2 Å². The molecule has 2 aliphatic heterocycles. The Balaban J connectivity index is 1.71. The number of esters is 1. The molecule has 4 rings (SSSR count). The number of rotatable bonds is 6. The molecule has 3 heterocycles. The fraction of sp³-hybridized carbons (Fsp3) is 0.550. The summed E-state index contributed by atoms with van der Waals surface area (Å²) in [6.45, 7) is 2.03. The number of ether oxygens (including phenoxy) is 3. The van der Waals surface area contributed by atoms with Gasteiger partial charge in [0.15, 0.2) is 5.16 Å². The van der Waals surface area contributed by atoms with Gasteiger partial charge < -0.3 is 14.2 Å². The van der Waals surface area contributed by atoms with E-state index in [-0.39, 0.29) is 17.8 Å². The molecule has 150 valence electrons. The third-order valence-electron chi connectivity index (χ3n) is 5.17. The van der Waals surface area contributed by atoms with Gasteiger partial charge in [0.1, 0.15) is 0 Å². The first-order chi connectivity index (χ1) is 13.7. The van der Waals surface area contributed by atoms with Crippen molar-refractivity contribution in [3.8, 4) is 0 Å². The monoisotopic (exact) mass is 404 g/mol. The van der Waals surface area contributed by atoms with Gasteiger partial charge in [-0.1, -0.05) is 11.8 Å². The molecule has 0 saturated carbocycles. The number of benzene rings is 1. The molecule has 2 fully saturated rings. The summed E-state index contributed by atoms with van der Waals surface area (Å²) in [7, 11) is 1.34. The minimum Gasteiger partial charge on any atom is -0.465 e. The molecular weight excluding hydrogens is 380 g/mol. The Morgan fingerprint density at radius 2 is 2.00 bits per heavy atom. The van der Waals surface area contributed by atoms with Crippen LogP contribution in [0.25, 0.3) is 10.9 Å². The van der Waals surface area contributed by atoms with Crippen LogP contribution < -0.4 is 5.56 Å². The summed E-state index contributed by atoms with van der Waals surface area (Å²) in [5, 5.41) is 1.14. The Hall–Kier alpha value is -1.90. The third-order valence-corrected chi connectivity index (χ3v) is 6.28. The predicted octanol–water partition coefficient (Wildman–Crippen LogP) is 2.63. The fourth-order valence-corrected chi connectivity index (χ4v) is 4.73. The Morgan fingerprint density at radius 3 is 2.68 bits per heavy atom. The topological polar surface area (TPSA) is 79.7 Å². The van der Waals surface area contributed by atoms with Crippen molar-refractivity contribution >= 4 is 28.6 Å². The number of methoxy groups -OCH3 is 1. The molecule has 0 N–H and O–H groups in total. The summed E-state index contributed by atoms with van der Waals surface area (Å²) in [5.41, 5.74) is 0.784. The summed E-state index contributed by atoms with van der Waals surface area (Å²) in [6.07, 6.45) is 4.29. The maximum absolute atomic E-state index is 13.2. The highest BCUT2D eigenvalue weighted by molar-refractivity contribution is 7.99. The molecule has 2 aromatic rings. The summed E-state index contributed by atoms with van der Waals surface area (Å²) >= 11 is 1.53. The molecule has 0 radical (unpaired) electrons. The molecule has 7 nitrogen and oxygen atoms in total. The molecule has 1 aromatic carbocycles. The lowest BCUT2D eigenvalue weighted by Crippen LogP contribution is -2.29. The van der Waals surface area contributed by atoms with Crippen molar-refractivity contribution in [2.24, 2.45) is 0 Å². The van der Waals surface area contributed by atoms with Crippen LogP contribution in [0.2, 0.25) is 0 Å². The van der Waals surface area contributed by atoms with Crippen LogP contribution in [0.5, 0.6) is 0 Å². The maximum atomic E-state index is 13.2. The minimum absolute atomic E-state index is 0.0355. The molecule has 2 atom stereocenters. The van der Waals surface area contributed by atoms with E-state index in [1.807, 2.05) is 0 Å². The van der Waals surface area contributed by atoms with E-state index in [1.54, 1.807) is 22.8 Å². The van der Waals surface area contributed by atoms with Gasteiger partial charge >= 0.3 is 5.97 Å². The standard InChI is InChI=1S/C20H24N2O5S/c1-25-19(24)13-6-7-16-17(10-13)21-20(28-12-15-5-3-9-27-15)22(18(16)23)11-14-4-2-8-26-14/h6-7,10,14-15H,2-5,8-9,11-12H2,1H3/t14-,15+/m1/s1. The molecule has 8 heteroatoms. The molecule has 0 bridgehead atoms. The minimum atomic E-state index is -0.444. The first-order valence-electron chi connectivity index (χ1n) is 9.64. The first-order valence-corrected chi connectivity index (χ1v) is 10.6. The second-order valence-electron chi connectivity index (χ2n) is 7.11. The van der Waals surface area contributed by atoms with E-state index in [0.717, 1.165) is 44.6 Å². The van der Waals surface area contributed by atoms with E-state index in [0.29, 0.717) is 28.2 Å². The van der Waals surface area contributed by atoms with Crippen LogP contribution >= 0.6 is 11.8 Å². The average molecular weight is 404 g/mol. The molecule has 0 unspecified atom stereocenters. The van der Waals surface area contributed by atoms with Crippen LogP contribution in [0, 0.1) is 0 Å². The second-order valence-corrected chi connectivity index (χ2v) is 8.10. The predicted molar refractivity (Wildman–Crippen MR) is 106 cm³/mol.